The molecule has 0 spiro atoms. The molecule has 0 saturated carbocycles. The van der Waals surface area contributed by atoms with E-state index in [9.17, 15) is 20.4 Å². The number of hydrogen-bond acceptors (Lipinski definition) is 4. The maximum absolute atomic E-state index is 10.1. The molecule has 4 rings (SSSR count). The largest absolute Gasteiger partial charge is 0.393 e. The Morgan fingerprint density at radius 3 is 0.869 bits per heavy atom. The predicted octanol–water partition coefficient (Wildman–Crippen LogP) is 20.8. The minimum absolute atomic E-state index is 0.00528. The third-order valence-corrected chi connectivity index (χ3v) is 16.7. The van der Waals surface area contributed by atoms with Gasteiger partial charge in [0.2, 0.25) is 0 Å². The molecule has 0 radical (unpaired) electrons. The summed E-state index contributed by atoms with van der Waals surface area (Å²) in [5.74, 6) is 0.696. The van der Waals surface area contributed by atoms with Crippen molar-refractivity contribution in [3.63, 3.8) is 0 Å². The Kier molecular flexibility index (Phi) is 29.6. The highest BCUT2D eigenvalue weighted by Gasteiger charge is 2.36. The fraction of sp³-hybridized carbons (Fsp3) is 0.450. The number of allylic oxidation sites excluding steroid dienone is 40. The summed E-state index contributed by atoms with van der Waals surface area (Å²) in [6.07, 6.45) is 67.6. The van der Waals surface area contributed by atoms with Crippen molar-refractivity contribution in [2.24, 2.45) is 33.5 Å². The van der Waals surface area contributed by atoms with E-state index < -0.39 is 0 Å². The van der Waals surface area contributed by atoms with Crippen LogP contribution in [0.2, 0.25) is 0 Å². The molecule has 4 heteroatoms. The van der Waals surface area contributed by atoms with Gasteiger partial charge >= 0.3 is 0 Å². The van der Waals surface area contributed by atoms with Crippen molar-refractivity contribution in [1.82, 2.24) is 0 Å². The molecule has 1 unspecified atom stereocenters. The van der Waals surface area contributed by atoms with Crippen molar-refractivity contribution < 1.29 is 20.4 Å². The van der Waals surface area contributed by atoms with Crippen LogP contribution in [0.15, 0.2) is 260 Å². The average molecular weight is 1140 g/mol. The summed E-state index contributed by atoms with van der Waals surface area (Å²) < 4.78 is 0. The van der Waals surface area contributed by atoms with Gasteiger partial charge in [0.05, 0.1) is 24.4 Å². The molecule has 0 bridgehead atoms. The van der Waals surface area contributed by atoms with Gasteiger partial charge < -0.3 is 20.4 Å². The van der Waals surface area contributed by atoms with E-state index in [1.807, 2.05) is 12.2 Å². The van der Waals surface area contributed by atoms with E-state index >= 15 is 0 Å². The van der Waals surface area contributed by atoms with Crippen LogP contribution in [0.1, 0.15) is 177 Å². The highest BCUT2D eigenvalue weighted by molar-refractivity contribution is 5.41. The van der Waals surface area contributed by atoms with Crippen LogP contribution in [0, 0.1) is 33.5 Å². The van der Waals surface area contributed by atoms with Gasteiger partial charge in [-0.1, -0.05) is 305 Å². The smallest absolute Gasteiger partial charge is 0.0729 e. The zero-order chi connectivity index (χ0) is 63.0. The summed E-state index contributed by atoms with van der Waals surface area (Å²) in [5.41, 5.74) is 17.5. The van der Waals surface area contributed by atoms with Gasteiger partial charge in [0.15, 0.2) is 0 Å². The Balaban J connectivity index is 0.000000440. The predicted molar refractivity (Wildman–Crippen MR) is 368 cm³/mol. The summed E-state index contributed by atoms with van der Waals surface area (Å²) >= 11 is 0. The molecule has 6 atom stereocenters. The quantitative estimate of drug-likeness (QED) is 0.0723. The SMILES string of the molecule is CC1=C[C@H](O)CC(C)(C)C1/C=C/C(C)=C/C=C/C(C)=C/C=C/C=C(C)/C=C/C=C(C)/C=C/C1=C(C)C[C@@H](O)CC1(C)C.CC1=C[C@H](O)CC(C)(C)[C@H]1/C=C/C(C)=C/C=C/C(C)=C/C=C/C=C(C)/C=C/C=C(C)/C=C/C1=C(C)C[C@@H](O)CC1(C)C. The Labute approximate surface area is 513 Å². The molecule has 0 fully saturated rings. The van der Waals surface area contributed by atoms with Crippen LogP contribution in [0.5, 0.6) is 0 Å². The van der Waals surface area contributed by atoms with Gasteiger partial charge in [-0.05, 0) is 154 Å². The lowest BCUT2D eigenvalue weighted by Gasteiger charge is -2.38. The zero-order valence-corrected chi connectivity index (χ0v) is 55.8. The van der Waals surface area contributed by atoms with Crippen molar-refractivity contribution in [3.8, 4) is 0 Å². The fourth-order valence-electron chi connectivity index (χ4n) is 12.3. The molecular weight excluding hydrogens is 1020 g/mol. The maximum Gasteiger partial charge on any atom is 0.0729 e. The molecule has 0 aliphatic heterocycles. The Bertz CT molecular complexity index is 2750. The zero-order valence-electron chi connectivity index (χ0n) is 55.8. The third kappa shape index (κ3) is 26.2. The van der Waals surface area contributed by atoms with E-state index in [2.05, 4.69) is 309 Å². The molecule has 0 saturated heterocycles. The number of hydrogen-bond donors (Lipinski definition) is 4. The fourth-order valence-corrected chi connectivity index (χ4v) is 12.3. The van der Waals surface area contributed by atoms with E-state index in [0.717, 1.165) is 38.5 Å². The lowest BCUT2D eigenvalue weighted by atomic mass is 9.67. The summed E-state index contributed by atoms with van der Waals surface area (Å²) in [6.45, 7) is 43.2. The summed E-state index contributed by atoms with van der Waals surface area (Å²) in [7, 11) is 0. The van der Waals surface area contributed by atoms with Gasteiger partial charge in [-0.2, -0.15) is 0 Å². The minimum atomic E-state index is -0.331. The van der Waals surface area contributed by atoms with Crippen molar-refractivity contribution in [1.29, 1.82) is 0 Å². The van der Waals surface area contributed by atoms with Crippen molar-refractivity contribution in [2.45, 2.75) is 201 Å². The van der Waals surface area contributed by atoms with E-state index in [1.54, 1.807) is 0 Å². The van der Waals surface area contributed by atoms with Gasteiger partial charge in [0.25, 0.3) is 0 Å². The first-order valence-electron chi connectivity index (χ1n) is 30.9. The number of rotatable bonds is 20. The van der Waals surface area contributed by atoms with Gasteiger partial charge in [0, 0.05) is 11.8 Å². The molecule has 0 heterocycles. The molecule has 0 aromatic heterocycles. The molecular formula is C80H112O4. The van der Waals surface area contributed by atoms with E-state index in [1.165, 1.54) is 78.0 Å². The number of aliphatic hydroxyl groups is 4. The Morgan fingerprint density at radius 2 is 0.607 bits per heavy atom. The maximum atomic E-state index is 10.1. The molecule has 456 valence electrons. The molecule has 0 aromatic carbocycles. The van der Waals surface area contributed by atoms with Crippen LogP contribution in [0.4, 0.5) is 0 Å². The van der Waals surface area contributed by atoms with Gasteiger partial charge in [-0.3, -0.25) is 0 Å². The molecule has 0 amide bonds. The molecule has 84 heavy (non-hydrogen) atoms. The topological polar surface area (TPSA) is 80.9 Å². The first-order chi connectivity index (χ1) is 39.2. The summed E-state index contributed by atoms with van der Waals surface area (Å²) in [5, 5.41) is 40.3. The van der Waals surface area contributed by atoms with Gasteiger partial charge in [-0.15, -0.1) is 0 Å². The van der Waals surface area contributed by atoms with Crippen LogP contribution in [-0.2, 0) is 0 Å². The summed E-state index contributed by atoms with van der Waals surface area (Å²) in [4.78, 5) is 0. The first kappa shape index (κ1) is 72.4. The molecule has 4 aliphatic rings. The molecule has 0 aromatic rings. The normalized spacial score (nSPS) is 26.6. The van der Waals surface area contributed by atoms with E-state index in [0.29, 0.717) is 11.8 Å². The van der Waals surface area contributed by atoms with E-state index in [4.69, 9.17) is 0 Å². The first-order valence-corrected chi connectivity index (χ1v) is 30.9. The minimum Gasteiger partial charge on any atom is -0.393 e. The second-order valence-corrected chi connectivity index (χ2v) is 27.5. The Morgan fingerprint density at radius 1 is 0.357 bits per heavy atom. The Hall–Kier alpha value is -5.88. The lowest BCUT2D eigenvalue weighted by molar-refractivity contribution is 0.116. The second-order valence-electron chi connectivity index (χ2n) is 27.5. The highest BCUT2D eigenvalue weighted by Crippen LogP contribution is 2.45. The van der Waals surface area contributed by atoms with Crippen molar-refractivity contribution in [2.75, 3.05) is 0 Å². The van der Waals surface area contributed by atoms with Crippen LogP contribution in [-0.4, -0.2) is 44.8 Å². The van der Waals surface area contributed by atoms with E-state index in [-0.39, 0.29) is 46.1 Å². The average Bonchev–Trinajstić information content (AvgIpc) is 2.46. The second kappa shape index (κ2) is 34.3. The van der Waals surface area contributed by atoms with Crippen molar-refractivity contribution in [3.05, 3.63) is 260 Å². The van der Waals surface area contributed by atoms with Crippen LogP contribution >= 0.6 is 0 Å². The van der Waals surface area contributed by atoms with Crippen LogP contribution in [0.3, 0.4) is 0 Å². The molecule has 4 N–H and O–H groups in total. The standard InChI is InChI=1S/2C40H56O2/c2*1-29(17-13-19-31(3)21-23-37-33(5)25-35(41)27-39(37,7)8)15-11-12-16-30(2)18-14-20-32(4)22-24-38-34(6)26-36(42)28-40(38,9)10/h2*11-25,35-37,41-42H,26-28H2,1-10H3/b2*12-11+,17-13+,18-14+,23-21+,24-22+,29-15+,30-16+,31-19+,32-20+/t35-,36+,37?;35-,36+,37-/m00/s1. The van der Waals surface area contributed by atoms with Crippen LogP contribution < -0.4 is 0 Å². The summed E-state index contributed by atoms with van der Waals surface area (Å²) in [6, 6.07) is 0. The third-order valence-electron chi connectivity index (χ3n) is 16.7. The van der Waals surface area contributed by atoms with Crippen LogP contribution in [0.25, 0.3) is 0 Å². The van der Waals surface area contributed by atoms with Gasteiger partial charge in [0.1, 0.15) is 0 Å². The molecule has 4 aliphatic carbocycles. The van der Waals surface area contributed by atoms with Crippen molar-refractivity contribution >= 4 is 0 Å². The highest BCUT2D eigenvalue weighted by atomic mass is 16.3. The lowest BCUT2D eigenvalue weighted by Crippen LogP contribution is -2.32. The molecule has 4 nitrogen and oxygen atoms in total. The van der Waals surface area contributed by atoms with Gasteiger partial charge in [-0.25, -0.2) is 0 Å². The monoisotopic (exact) mass is 1140 g/mol. The number of aliphatic hydroxyl groups excluding tert-OH is 4.